The summed E-state index contributed by atoms with van der Waals surface area (Å²) in [6, 6.07) is 17.5. The number of para-hydroxylation sites is 1. The molecule has 1 N–H and O–H groups in total. The number of amides is 1. The topological polar surface area (TPSA) is 68.2 Å². The van der Waals surface area contributed by atoms with Crippen molar-refractivity contribution in [1.82, 2.24) is 4.90 Å². The summed E-state index contributed by atoms with van der Waals surface area (Å²) in [6.45, 7) is 6.88. The second-order valence-electron chi connectivity index (χ2n) is 8.37. The summed E-state index contributed by atoms with van der Waals surface area (Å²) >= 11 is 0. The average Bonchev–Trinajstić information content (AvgIpc) is 2.73. The van der Waals surface area contributed by atoms with E-state index in [0.717, 1.165) is 11.1 Å². The van der Waals surface area contributed by atoms with Gasteiger partial charge in [-0.15, -0.1) is 0 Å². The van der Waals surface area contributed by atoms with Crippen molar-refractivity contribution < 1.29 is 24.1 Å². The number of rotatable bonds is 6. The fraction of sp³-hybridized carbons (Fsp3) is 0.458. The normalized spacial score (nSPS) is 18.0. The summed E-state index contributed by atoms with van der Waals surface area (Å²) in [4.78, 5) is 14.3. The number of hydrogen-bond donors (Lipinski definition) is 1. The highest BCUT2D eigenvalue weighted by Gasteiger charge is 2.34. The van der Waals surface area contributed by atoms with Crippen molar-refractivity contribution in [3.63, 3.8) is 0 Å². The van der Waals surface area contributed by atoms with Gasteiger partial charge in [0.05, 0.1) is 13.2 Å². The molecule has 30 heavy (non-hydrogen) atoms. The molecular formula is C24H31NO5. The fourth-order valence-electron chi connectivity index (χ4n) is 3.43. The van der Waals surface area contributed by atoms with Gasteiger partial charge in [0, 0.05) is 13.2 Å². The molecule has 0 unspecified atom stereocenters. The van der Waals surface area contributed by atoms with Gasteiger partial charge in [0.2, 0.25) is 0 Å². The van der Waals surface area contributed by atoms with Crippen LogP contribution in [0.15, 0.2) is 54.6 Å². The highest BCUT2D eigenvalue weighted by Crippen LogP contribution is 2.31. The molecule has 162 valence electrons. The number of carbonyl (C=O) groups excluding carboxylic acids is 1. The lowest BCUT2D eigenvalue weighted by atomic mass is 10.0. The molecule has 0 aromatic heterocycles. The van der Waals surface area contributed by atoms with Crippen LogP contribution in [-0.2, 0) is 15.9 Å². The Morgan fingerprint density at radius 1 is 1.17 bits per heavy atom. The molecule has 6 nitrogen and oxygen atoms in total. The standard InChI is InChI=1S/C24H31NO5/c1-24(2,3)30-23(27)25-14-16-28-21(17-25)22(19-10-5-4-6-11-19)29-20-12-8-7-9-18(20)13-15-26/h4-12,21-22,26H,13-17H2,1-3H3/t21-,22-/m0/s1. The Morgan fingerprint density at radius 2 is 1.87 bits per heavy atom. The zero-order valence-electron chi connectivity index (χ0n) is 17.9. The van der Waals surface area contributed by atoms with E-state index in [1.807, 2.05) is 75.4 Å². The molecule has 0 aliphatic carbocycles. The van der Waals surface area contributed by atoms with Crippen LogP contribution >= 0.6 is 0 Å². The number of benzene rings is 2. The molecule has 0 saturated carbocycles. The molecule has 1 aliphatic heterocycles. The largest absolute Gasteiger partial charge is 0.483 e. The van der Waals surface area contributed by atoms with Crippen LogP contribution in [0.1, 0.15) is 38.0 Å². The summed E-state index contributed by atoms with van der Waals surface area (Å²) in [7, 11) is 0. The average molecular weight is 414 g/mol. The Kier molecular flexibility index (Phi) is 7.34. The first-order valence-corrected chi connectivity index (χ1v) is 10.4. The Bertz CT molecular complexity index is 818. The highest BCUT2D eigenvalue weighted by molar-refractivity contribution is 5.68. The SMILES string of the molecule is CC(C)(C)OC(=O)N1CCO[C@H]([C@@H](Oc2ccccc2CCO)c2ccccc2)C1. The Morgan fingerprint density at radius 3 is 2.57 bits per heavy atom. The van der Waals surface area contributed by atoms with E-state index < -0.39 is 11.7 Å². The second-order valence-corrected chi connectivity index (χ2v) is 8.37. The number of nitrogens with zero attached hydrogens (tertiary/aromatic N) is 1. The van der Waals surface area contributed by atoms with Crippen molar-refractivity contribution in [3.05, 3.63) is 65.7 Å². The predicted octanol–water partition coefficient (Wildman–Crippen LogP) is 3.98. The van der Waals surface area contributed by atoms with Crippen molar-refractivity contribution in [3.8, 4) is 5.75 Å². The maximum Gasteiger partial charge on any atom is 0.410 e. The van der Waals surface area contributed by atoms with Gasteiger partial charge in [-0.2, -0.15) is 0 Å². The maximum absolute atomic E-state index is 12.6. The molecule has 1 heterocycles. The summed E-state index contributed by atoms with van der Waals surface area (Å²) in [6.07, 6.45) is -0.594. The van der Waals surface area contributed by atoms with Crippen LogP contribution in [0.4, 0.5) is 4.79 Å². The van der Waals surface area contributed by atoms with Gasteiger partial charge < -0.3 is 24.2 Å². The van der Waals surface area contributed by atoms with Gasteiger partial charge in [-0.3, -0.25) is 0 Å². The van der Waals surface area contributed by atoms with Crippen molar-refractivity contribution in [2.24, 2.45) is 0 Å². The lowest BCUT2D eigenvalue weighted by Gasteiger charge is -2.37. The molecule has 2 aromatic rings. The van der Waals surface area contributed by atoms with Crippen molar-refractivity contribution in [2.45, 2.75) is 45.0 Å². The van der Waals surface area contributed by atoms with E-state index in [1.165, 1.54) is 0 Å². The summed E-state index contributed by atoms with van der Waals surface area (Å²) in [5.41, 5.74) is 1.34. The van der Waals surface area contributed by atoms with E-state index in [-0.39, 0.29) is 18.8 Å². The first-order chi connectivity index (χ1) is 14.4. The molecule has 6 heteroatoms. The highest BCUT2D eigenvalue weighted by atomic mass is 16.6. The zero-order valence-corrected chi connectivity index (χ0v) is 17.9. The van der Waals surface area contributed by atoms with Gasteiger partial charge >= 0.3 is 6.09 Å². The van der Waals surface area contributed by atoms with E-state index in [4.69, 9.17) is 14.2 Å². The van der Waals surface area contributed by atoms with Crippen LogP contribution in [-0.4, -0.2) is 54.1 Å². The minimum absolute atomic E-state index is 0.0444. The molecule has 0 bridgehead atoms. The summed E-state index contributed by atoms with van der Waals surface area (Å²) in [5.74, 6) is 0.707. The number of hydrogen-bond acceptors (Lipinski definition) is 5. The molecule has 1 fully saturated rings. The maximum atomic E-state index is 12.6. The van der Waals surface area contributed by atoms with Crippen LogP contribution in [0, 0.1) is 0 Å². The van der Waals surface area contributed by atoms with E-state index in [9.17, 15) is 9.90 Å². The molecule has 1 saturated heterocycles. The van der Waals surface area contributed by atoms with Crippen LogP contribution in [0.2, 0.25) is 0 Å². The zero-order chi connectivity index (χ0) is 21.6. The minimum atomic E-state index is -0.552. The Balaban J connectivity index is 1.83. The van der Waals surface area contributed by atoms with Gasteiger partial charge in [0.25, 0.3) is 0 Å². The van der Waals surface area contributed by atoms with Crippen molar-refractivity contribution >= 4 is 6.09 Å². The molecule has 1 amide bonds. The quantitative estimate of drug-likeness (QED) is 0.776. The number of morpholine rings is 1. The van der Waals surface area contributed by atoms with E-state index >= 15 is 0 Å². The number of aliphatic hydroxyl groups is 1. The first kappa shape index (κ1) is 22.1. The molecule has 3 rings (SSSR count). The number of aliphatic hydroxyl groups excluding tert-OH is 1. The van der Waals surface area contributed by atoms with Gasteiger partial charge in [-0.1, -0.05) is 48.5 Å². The van der Waals surface area contributed by atoms with Gasteiger partial charge in [-0.05, 0) is 44.4 Å². The predicted molar refractivity (Wildman–Crippen MR) is 115 cm³/mol. The molecule has 2 aromatic carbocycles. The van der Waals surface area contributed by atoms with Crippen molar-refractivity contribution in [2.75, 3.05) is 26.3 Å². The van der Waals surface area contributed by atoms with Crippen LogP contribution in [0.25, 0.3) is 0 Å². The third kappa shape index (κ3) is 5.97. The Labute approximate surface area is 178 Å². The molecule has 0 spiro atoms. The monoisotopic (exact) mass is 413 g/mol. The molecule has 1 aliphatic rings. The second kappa shape index (κ2) is 9.96. The smallest absolute Gasteiger partial charge is 0.410 e. The van der Waals surface area contributed by atoms with Crippen LogP contribution in [0.5, 0.6) is 5.75 Å². The number of carbonyl (C=O) groups is 1. The molecule has 2 atom stereocenters. The van der Waals surface area contributed by atoms with Gasteiger partial charge in [0.1, 0.15) is 17.5 Å². The van der Waals surface area contributed by atoms with E-state index in [1.54, 1.807) is 4.90 Å². The van der Waals surface area contributed by atoms with Gasteiger partial charge in [0.15, 0.2) is 6.10 Å². The third-order valence-corrected chi connectivity index (χ3v) is 4.82. The van der Waals surface area contributed by atoms with Crippen LogP contribution < -0.4 is 4.74 Å². The van der Waals surface area contributed by atoms with E-state index in [2.05, 4.69) is 0 Å². The first-order valence-electron chi connectivity index (χ1n) is 10.4. The summed E-state index contributed by atoms with van der Waals surface area (Å²) < 4.78 is 18.0. The lowest BCUT2D eigenvalue weighted by Crippen LogP contribution is -2.50. The number of ether oxygens (including phenoxy) is 3. The van der Waals surface area contributed by atoms with Crippen LogP contribution in [0.3, 0.4) is 0 Å². The van der Waals surface area contributed by atoms with E-state index in [0.29, 0.717) is 31.9 Å². The minimum Gasteiger partial charge on any atom is -0.483 e. The Hall–Kier alpha value is -2.57. The molecular weight excluding hydrogens is 382 g/mol. The summed E-state index contributed by atoms with van der Waals surface area (Å²) in [5, 5.41) is 9.39. The van der Waals surface area contributed by atoms with Gasteiger partial charge in [-0.25, -0.2) is 4.79 Å². The molecule has 0 radical (unpaired) electrons. The lowest BCUT2D eigenvalue weighted by molar-refractivity contribution is -0.0838. The fourth-order valence-corrected chi connectivity index (χ4v) is 3.43. The van der Waals surface area contributed by atoms with Crippen molar-refractivity contribution in [1.29, 1.82) is 0 Å². The third-order valence-electron chi connectivity index (χ3n) is 4.82.